The van der Waals surface area contributed by atoms with Gasteiger partial charge in [-0.1, -0.05) is 45.9 Å². The highest BCUT2D eigenvalue weighted by molar-refractivity contribution is 9.10. The molecular formula is C32H40BrN5O9S-2. The summed E-state index contributed by atoms with van der Waals surface area (Å²) in [5, 5.41) is 16.3. The number of likely N-dealkylation sites (N-methyl/N-ethyl adjacent to an activating group) is 1. The molecule has 3 fully saturated rings. The molecule has 5 aliphatic rings. The summed E-state index contributed by atoms with van der Waals surface area (Å²) < 4.78 is 41.5. The fourth-order valence-corrected chi connectivity index (χ4v) is 8.72. The number of nitrogens with zero attached hydrogens (tertiary/aromatic N) is 3. The first-order valence-corrected chi connectivity index (χ1v) is 18.3. The van der Waals surface area contributed by atoms with E-state index in [0.29, 0.717) is 25.9 Å². The molecule has 3 N–H and O–H groups in total. The van der Waals surface area contributed by atoms with Crippen LogP contribution in [0.5, 0.6) is 0 Å². The van der Waals surface area contributed by atoms with Crippen molar-refractivity contribution in [2.75, 3.05) is 20.1 Å². The van der Waals surface area contributed by atoms with Crippen LogP contribution >= 0.6 is 15.9 Å². The number of piperazine rings is 1. The molecular weight excluding hydrogens is 710 g/mol. The van der Waals surface area contributed by atoms with E-state index in [4.69, 9.17) is 22.3 Å². The highest BCUT2D eigenvalue weighted by Gasteiger charge is 2.72. The molecule has 1 aromatic carbocycles. The minimum atomic E-state index is -5.17. The number of benzene rings is 1. The summed E-state index contributed by atoms with van der Waals surface area (Å²) in [5.74, 6) is -4.01. The van der Waals surface area contributed by atoms with E-state index < -0.39 is 51.9 Å². The predicted molar refractivity (Wildman–Crippen MR) is 175 cm³/mol. The molecule has 6 atom stereocenters. The number of H-pyrrole nitrogens is 1. The van der Waals surface area contributed by atoms with Gasteiger partial charge in [0.2, 0.25) is 17.5 Å². The molecule has 2 aromatic rings. The molecule has 0 radical (unpaired) electrons. The fourth-order valence-electron chi connectivity index (χ4n) is 8.15. The standard InChI is InChI=1S/C32H40BrN5O5.H2O4S/c1-16(2)12-24-29(40)37-11-7-10-25(37)32(42)38(24)30(41)31(43-32,17(3)4)35-28(39)18-13-20-19-8-6-9-22-26(19)21(27(33)34-22)14-23(20)36(5)15-18;1-5(2,3)4/h6,8-9,13,16-18,23-25,34,42H,7,10-12,14-15H2,1-5H3,(H,35,39);(H2,1,2,3,4)/p-2/t18-,23-,24+,25+,31-,32+;/m1./s1. The second-order valence-electron chi connectivity index (χ2n) is 14.1. The molecule has 4 aliphatic heterocycles. The molecule has 48 heavy (non-hydrogen) atoms. The van der Waals surface area contributed by atoms with Crippen LogP contribution in [0.1, 0.15) is 58.1 Å². The van der Waals surface area contributed by atoms with Gasteiger partial charge in [-0.2, -0.15) is 0 Å². The van der Waals surface area contributed by atoms with Gasteiger partial charge in [-0.05, 0) is 77.3 Å². The quantitative estimate of drug-likeness (QED) is 0.300. The second kappa shape index (κ2) is 12.2. The number of aliphatic hydroxyl groups is 1. The Bertz CT molecular complexity index is 1800. The van der Waals surface area contributed by atoms with Crippen molar-refractivity contribution in [3.63, 3.8) is 0 Å². The number of nitrogens with one attached hydrogen (secondary N) is 2. The Morgan fingerprint density at radius 2 is 1.92 bits per heavy atom. The summed E-state index contributed by atoms with van der Waals surface area (Å²) in [5.41, 5.74) is 2.68. The molecule has 16 heteroatoms. The Hall–Kier alpha value is -2.86. The molecule has 0 unspecified atom stereocenters. The van der Waals surface area contributed by atoms with Gasteiger partial charge in [0.15, 0.2) is 0 Å². The Morgan fingerprint density at radius 3 is 2.56 bits per heavy atom. The average molecular weight is 751 g/mol. The van der Waals surface area contributed by atoms with Gasteiger partial charge >= 0.3 is 0 Å². The molecule has 0 spiro atoms. The summed E-state index contributed by atoms with van der Waals surface area (Å²) in [7, 11) is -3.14. The topological polar surface area (TPSA) is 198 Å². The number of ether oxygens (including phenoxy) is 1. The molecule has 1 aromatic heterocycles. The summed E-state index contributed by atoms with van der Waals surface area (Å²) >= 11 is 3.70. The van der Waals surface area contributed by atoms with Crippen LogP contribution in [-0.2, 0) is 35.9 Å². The normalized spacial score (nSPS) is 31.4. The van der Waals surface area contributed by atoms with Gasteiger partial charge in [0, 0.05) is 46.4 Å². The Kier molecular flexibility index (Phi) is 8.87. The van der Waals surface area contributed by atoms with Crippen LogP contribution in [0.4, 0.5) is 0 Å². The molecule has 1 aliphatic carbocycles. The van der Waals surface area contributed by atoms with Crippen molar-refractivity contribution in [2.45, 2.75) is 83.1 Å². The zero-order chi connectivity index (χ0) is 35.1. The average Bonchev–Trinajstić information content (AvgIpc) is 3.66. The van der Waals surface area contributed by atoms with Crippen LogP contribution in [0, 0.1) is 17.8 Å². The molecule has 14 nitrogen and oxygen atoms in total. The third kappa shape index (κ3) is 5.68. The van der Waals surface area contributed by atoms with E-state index in [2.05, 4.69) is 43.3 Å². The highest BCUT2D eigenvalue weighted by Crippen LogP contribution is 2.49. The van der Waals surface area contributed by atoms with Gasteiger partial charge in [-0.3, -0.25) is 37.3 Å². The van der Waals surface area contributed by atoms with Gasteiger partial charge < -0.3 is 29.4 Å². The minimum absolute atomic E-state index is 0.104. The zero-order valence-corrected chi connectivity index (χ0v) is 29.8. The van der Waals surface area contributed by atoms with Crippen LogP contribution in [-0.4, -0.2) is 110 Å². The number of hydrogen-bond donors (Lipinski definition) is 3. The van der Waals surface area contributed by atoms with Gasteiger partial charge in [-0.15, -0.1) is 0 Å². The third-order valence-electron chi connectivity index (χ3n) is 10.3. The Morgan fingerprint density at radius 1 is 1.23 bits per heavy atom. The van der Waals surface area contributed by atoms with Crippen LogP contribution in [0.25, 0.3) is 16.5 Å². The number of amides is 3. The van der Waals surface area contributed by atoms with E-state index in [0.717, 1.165) is 34.1 Å². The van der Waals surface area contributed by atoms with E-state index in [1.807, 2.05) is 33.0 Å². The summed E-state index contributed by atoms with van der Waals surface area (Å²) in [4.78, 5) is 50.8. The summed E-state index contributed by atoms with van der Waals surface area (Å²) in [6, 6.07) is 4.76. The molecule has 3 amide bonds. The number of aromatic amines is 1. The van der Waals surface area contributed by atoms with E-state index >= 15 is 0 Å². The van der Waals surface area contributed by atoms with Crippen molar-refractivity contribution in [1.29, 1.82) is 0 Å². The monoisotopic (exact) mass is 749 g/mol. The lowest BCUT2D eigenvalue weighted by Crippen LogP contribution is -2.71. The van der Waals surface area contributed by atoms with E-state index in [9.17, 15) is 19.5 Å². The smallest absolute Gasteiger partial charge is 0.281 e. The number of hydrogen-bond acceptors (Lipinski definition) is 10. The molecule has 0 saturated carbocycles. The van der Waals surface area contributed by atoms with Gasteiger partial charge in [0.25, 0.3) is 11.8 Å². The van der Waals surface area contributed by atoms with E-state index in [-0.39, 0.29) is 23.8 Å². The molecule has 5 heterocycles. The lowest BCUT2D eigenvalue weighted by molar-refractivity contribution is -0.322. The largest absolute Gasteiger partial charge is 0.759 e. The van der Waals surface area contributed by atoms with Crippen molar-refractivity contribution < 1.29 is 41.8 Å². The molecule has 262 valence electrons. The Balaban J connectivity index is 0.000000749. The van der Waals surface area contributed by atoms with Crippen LogP contribution in [0.15, 0.2) is 28.9 Å². The van der Waals surface area contributed by atoms with Crippen LogP contribution in [0.3, 0.4) is 0 Å². The van der Waals surface area contributed by atoms with Crippen LogP contribution in [0.2, 0.25) is 0 Å². The minimum Gasteiger partial charge on any atom is -0.759 e. The number of halogens is 1. The second-order valence-corrected chi connectivity index (χ2v) is 15.7. The maximum atomic E-state index is 14.4. The third-order valence-corrected chi connectivity index (χ3v) is 10.9. The first kappa shape index (κ1) is 35.0. The maximum absolute atomic E-state index is 14.4. The van der Waals surface area contributed by atoms with Crippen molar-refractivity contribution in [3.8, 4) is 0 Å². The number of rotatable bonds is 5. The van der Waals surface area contributed by atoms with E-state index in [1.54, 1.807) is 18.7 Å². The zero-order valence-electron chi connectivity index (χ0n) is 27.4. The van der Waals surface area contributed by atoms with Crippen LogP contribution < -0.4 is 5.32 Å². The lowest BCUT2D eigenvalue weighted by Gasteiger charge is -2.49. The predicted octanol–water partition coefficient (Wildman–Crippen LogP) is 1.85. The highest BCUT2D eigenvalue weighted by atomic mass is 79.9. The van der Waals surface area contributed by atoms with Gasteiger partial charge in [0.1, 0.15) is 12.1 Å². The maximum Gasteiger partial charge on any atom is 0.281 e. The Labute approximate surface area is 287 Å². The number of carbonyl (C=O) groups is 3. The van der Waals surface area contributed by atoms with Crippen molar-refractivity contribution in [3.05, 3.63) is 40.0 Å². The van der Waals surface area contributed by atoms with Crippen molar-refractivity contribution >= 4 is 60.5 Å². The van der Waals surface area contributed by atoms with Gasteiger partial charge in [0.05, 0.1) is 10.5 Å². The SMILES string of the molecule is CC(C)C[C@H]1C(=O)N2CCC[C@H]2[C@]2(O)O[C@](NC(=O)[C@@H]3C=C4c5cccc6[nH]c(Br)c(c56)C[C@H]4N(C)C3)(C(C)C)C(=O)N12.O=S(=O)([O-])[O-]. The van der Waals surface area contributed by atoms with Gasteiger partial charge in [-0.25, -0.2) is 0 Å². The van der Waals surface area contributed by atoms with Crippen molar-refractivity contribution in [1.82, 2.24) is 25.0 Å². The number of carbonyl (C=O) groups excluding carboxylic acids is 3. The van der Waals surface area contributed by atoms with E-state index in [1.165, 1.54) is 15.8 Å². The number of fused-ring (bicyclic) bond motifs is 5. The summed E-state index contributed by atoms with van der Waals surface area (Å²) in [6.07, 6.45) is 4.49. The molecule has 7 rings (SSSR count). The molecule has 3 saturated heterocycles. The first-order chi connectivity index (χ1) is 22.4. The number of aromatic nitrogens is 1. The van der Waals surface area contributed by atoms with Crippen molar-refractivity contribution in [2.24, 2.45) is 17.8 Å². The first-order valence-electron chi connectivity index (χ1n) is 16.1. The summed E-state index contributed by atoms with van der Waals surface area (Å²) in [6.45, 7) is 8.57. The molecule has 0 bridgehead atoms. The lowest BCUT2D eigenvalue weighted by atomic mass is 9.79. The fraction of sp³-hybridized carbons (Fsp3) is 0.594.